The summed E-state index contributed by atoms with van der Waals surface area (Å²) in [4.78, 5) is 1.30. The summed E-state index contributed by atoms with van der Waals surface area (Å²) in [5.74, 6) is 0. The molecule has 0 saturated heterocycles. The van der Waals surface area contributed by atoms with Gasteiger partial charge in [-0.2, -0.15) is 0 Å². The monoisotopic (exact) mass is 407 g/mol. The van der Waals surface area contributed by atoms with Crippen LogP contribution in [0.4, 0.5) is 0 Å². The molecule has 1 aromatic carbocycles. The Bertz CT molecular complexity index is 509. The Labute approximate surface area is 121 Å². The van der Waals surface area contributed by atoms with Gasteiger partial charge in [0.05, 0.1) is 6.04 Å². The number of rotatable bonds is 2. The van der Waals surface area contributed by atoms with Crippen LogP contribution in [0.3, 0.4) is 0 Å². The first kappa shape index (κ1) is 12.5. The van der Waals surface area contributed by atoms with Gasteiger partial charge in [0.2, 0.25) is 0 Å². The van der Waals surface area contributed by atoms with Gasteiger partial charge in [0, 0.05) is 12.9 Å². The first-order chi connectivity index (χ1) is 7.58. The first-order valence-electron chi connectivity index (χ1n) is 4.83. The van der Waals surface area contributed by atoms with E-state index in [1.54, 1.807) is 11.3 Å². The van der Waals surface area contributed by atoms with Crippen molar-refractivity contribution in [2.45, 2.75) is 13.0 Å². The fraction of sp³-hybridized carbons (Fsp3) is 0.167. The molecule has 0 bridgehead atoms. The maximum Gasteiger partial charge on any atom is 0.0571 e. The highest BCUT2D eigenvalue weighted by atomic mass is 127. The number of halogens is 2. The predicted molar refractivity (Wildman–Crippen MR) is 81.9 cm³/mol. The number of nitrogens with two attached hydrogens (primary N) is 1. The molecule has 2 aromatic rings. The number of aryl methyl sites for hydroxylation is 1. The lowest BCUT2D eigenvalue weighted by atomic mass is 10.0. The molecule has 0 aliphatic carbocycles. The van der Waals surface area contributed by atoms with Gasteiger partial charge in [-0.3, -0.25) is 0 Å². The van der Waals surface area contributed by atoms with Crippen molar-refractivity contribution in [2.24, 2.45) is 5.73 Å². The van der Waals surface area contributed by atoms with Crippen LogP contribution in [-0.2, 0) is 0 Å². The van der Waals surface area contributed by atoms with Gasteiger partial charge in [0.1, 0.15) is 0 Å². The molecule has 0 aliphatic heterocycles. The molecule has 2 rings (SSSR count). The van der Waals surface area contributed by atoms with E-state index in [0.29, 0.717) is 0 Å². The van der Waals surface area contributed by atoms with E-state index in [2.05, 4.69) is 75.1 Å². The average Bonchev–Trinajstić information content (AvgIpc) is 2.67. The van der Waals surface area contributed by atoms with Gasteiger partial charge in [-0.05, 0) is 70.3 Å². The van der Waals surface area contributed by atoms with Crippen LogP contribution < -0.4 is 5.73 Å². The summed E-state index contributed by atoms with van der Waals surface area (Å²) in [6.45, 7) is 2.10. The van der Waals surface area contributed by atoms with Crippen LogP contribution in [0.25, 0.3) is 0 Å². The molecule has 1 unspecified atom stereocenters. The van der Waals surface area contributed by atoms with E-state index >= 15 is 0 Å². The van der Waals surface area contributed by atoms with Crippen LogP contribution in [0, 0.1) is 10.5 Å². The minimum atomic E-state index is -0.0472. The van der Waals surface area contributed by atoms with Crippen molar-refractivity contribution >= 4 is 49.9 Å². The number of hydrogen-bond donors (Lipinski definition) is 1. The second-order valence-electron chi connectivity index (χ2n) is 3.63. The Kier molecular flexibility index (Phi) is 4.05. The van der Waals surface area contributed by atoms with Crippen LogP contribution in [0.5, 0.6) is 0 Å². The zero-order valence-corrected chi connectivity index (χ0v) is 13.3. The van der Waals surface area contributed by atoms with Gasteiger partial charge < -0.3 is 5.73 Å². The van der Waals surface area contributed by atoms with Crippen LogP contribution in [0.15, 0.2) is 34.1 Å². The summed E-state index contributed by atoms with van der Waals surface area (Å²) >= 11 is 7.60. The summed E-state index contributed by atoms with van der Waals surface area (Å²) in [5.41, 5.74) is 8.60. The quantitative estimate of drug-likeness (QED) is 0.730. The molecule has 0 aliphatic rings. The zero-order chi connectivity index (χ0) is 11.7. The van der Waals surface area contributed by atoms with E-state index < -0.39 is 0 Å². The third kappa shape index (κ3) is 2.67. The minimum Gasteiger partial charge on any atom is -0.320 e. The summed E-state index contributed by atoms with van der Waals surface area (Å²) in [5, 5.41) is 2.13. The summed E-state index contributed by atoms with van der Waals surface area (Å²) in [6, 6.07) is 8.36. The fourth-order valence-corrected chi connectivity index (χ4v) is 3.31. The van der Waals surface area contributed by atoms with Gasteiger partial charge in [0.25, 0.3) is 0 Å². The third-order valence-electron chi connectivity index (χ3n) is 2.40. The normalized spacial score (nSPS) is 12.8. The lowest BCUT2D eigenvalue weighted by Crippen LogP contribution is -2.11. The van der Waals surface area contributed by atoms with Gasteiger partial charge in [-0.15, -0.1) is 11.3 Å². The van der Waals surface area contributed by atoms with Gasteiger partial charge >= 0.3 is 0 Å². The van der Waals surface area contributed by atoms with E-state index in [4.69, 9.17) is 5.73 Å². The van der Waals surface area contributed by atoms with Crippen molar-refractivity contribution in [2.75, 3.05) is 0 Å². The Morgan fingerprint density at radius 1 is 1.38 bits per heavy atom. The molecule has 0 saturated carbocycles. The fourth-order valence-electron chi connectivity index (χ4n) is 1.56. The standard InChI is InChI=1S/C12H11BrINS/c1-7-4-8(6-16-7)12(15)10-5-9(14)2-3-11(10)13/h2-6,12H,15H2,1H3. The van der Waals surface area contributed by atoms with Crippen LogP contribution >= 0.6 is 49.9 Å². The number of benzene rings is 1. The molecule has 1 nitrogen and oxygen atoms in total. The van der Waals surface area contributed by atoms with Crippen molar-refractivity contribution in [3.05, 3.63) is 53.7 Å². The topological polar surface area (TPSA) is 26.0 Å². The van der Waals surface area contributed by atoms with Crippen molar-refractivity contribution < 1.29 is 0 Å². The summed E-state index contributed by atoms with van der Waals surface area (Å²) in [7, 11) is 0. The largest absolute Gasteiger partial charge is 0.320 e. The molecule has 1 atom stereocenters. The highest BCUT2D eigenvalue weighted by molar-refractivity contribution is 14.1. The maximum atomic E-state index is 6.27. The number of hydrogen-bond acceptors (Lipinski definition) is 2. The smallest absolute Gasteiger partial charge is 0.0571 e. The van der Waals surface area contributed by atoms with E-state index in [0.717, 1.165) is 10.0 Å². The Morgan fingerprint density at radius 3 is 2.75 bits per heavy atom. The molecular formula is C12H11BrINS. The highest BCUT2D eigenvalue weighted by Gasteiger charge is 2.13. The maximum absolute atomic E-state index is 6.27. The van der Waals surface area contributed by atoms with E-state index in [1.165, 1.54) is 14.0 Å². The molecule has 0 spiro atoms. The molecule has 84 valence electrons. The molecule has 4 heteroatoms. The zero-order valence-electron chi connectivity index (χ0n) is 8.71. The van der Waals surface area contributed by atoms with Gasteiger partial charge in [-0.25, -0.2) is 0 Å². The highest BCUT2D eigenvalue weighted by Crippen LogP contribution is 2.30. The molecule has 1 aromatic heterocycles. The average molecular weight is 408 g/mol. The second-order valence-corrected chi connectivity index (χ2v) is 6.85. The molecular weight excluding hydrogens is 397 g/mol. The van der Waals surface area contributed by atoms with Crippen molar-refractivity contribution in [1.82, 2.24) is 0 Å². The lowest BCUT2D eigenvalue weighted by Gasteiger charge is -2.13. The second kappa shape index (κ2) is 5.16. The molecule has 0 amide bonds. The van der Waals surface area contributed by atoms with Gasteiger partial charge in [-0.1, -0.05) is 15.9 Å². The Hall–Kier alpha value is 0.0900. The Morgan fingerprint density at radius 2 is 2.12 bits per heavy atom. The number of thiophene rings is 1. The van der Waals surface area contributed by atoms with Crippen molar-refractivity contribution in [1.29, 1.82) is 0 Å². The SMILES string of the molecule is Cc1cc(C(N)c2cc(I)ccc2Br)cs1. The van der Waals surface area contributed by atoms with Crippen LogP contribution in [0.2, 0.25) is 0 Å². The van der Waals surface area contributed by atoms with E-state index in [9.17, 15) is 0 Å². The molecule has 0 radical (unpaired) electrons. The van der Waals surface area contributed by atoms with Crippen LogP contribution in [-0.4, -0.2) is 0 Å². The molecule has 0 fully saturated rings. The van der Waals surface area contributed by atoms with Crippen molar-refractivity contribution in [3.63, 3.8) is 0 Å². The van der Waals surface area contributed by atoms with Crippen LogP contribution in [0.1, 0.15) is 22.0 Å². The third-order valence-corrected chi connectivity index (χ3v) is 4.68. The molecule has 2 N–H and O–H groups in total. The van der Waals surface area contributed by atoms with Crippen molar-refractivity contribution in [3.8, 4) is 0 Å². The predicted octanol–water partition coefficient (Wildman–Crippen LogP) is 4.47. The summed E-state index contributed by atoms with van der Waals surface area (Å²) in [6.07, 6.45) is 0. The van der Waals surface area contributed by atoms with Gasteiger partial charge in [0.15, 0.2) is 0 Å². The molecule has 1 heterocycles. The lowest BCUT2D eigenvalue weighted by molar-refractivity contribution is 0.869. The Balaban J connectivity index is 2.40. The first-order valence-corrected chi connectivity index (χ1v) is 7.58. The van der Waals surface area contributed by atoms with E-state index in [1.807, 2.05) is 0 Å². The molecule has 16 heavy (non-hydrogen) atoms. The minimum absolute atomic E-state index is 0.0472. The summed E-state index contributed by atoms with van der Waals surface area (Å²) < 4.78 is 2.28. The van der Waals surface area contributed by atoms with E-state index in [-0.39, 0.29) is 6.04 Å².